The van der Waals surface area contributed by atoms with Crippen LogP contribution in [0.3, 0.4) is 0 Å². The molecule has 0 aliphatic carbocycles. The summed E-state index contributed by atoms with van der Waals surface area (Å²) >= 11 is 0. The Bertz CT molecular complexity index is 812. The SMILES string of the molecule is CCCS(=O)(=O)N1CCC(NC(=NCc2ccc(F)c(CN(C)C)c2)NCC)CC1.I. The molecule has 178 valence electrons. The van der Waals surface area contributed by atoms with Gasteiger partial charge in [0.05, 0.1) is 12.3 Å². The largest absolute Gasteiger partial charge is 0.357 e. The van der Waals surface area contributed by atoms with E-state index >= 15 is 0 Å². The summed E-state index contributed by atoms with van der Waals surface area (Å²) in [5.74, 6) is 0.708. The van der Waals surface area contributed by atoms with E-state index in [0.29, 0.717) is 44.1 Å². The van der Waals surface area contributed by atoms with Crippen molar-refractivity contribution in [1.29, 1.82) is 0 Å². The second-order valence-corrected chi connectivity index (χ2v) is 10.1. The minimum atomic E-state index is -3.13. The fraction of sp³-hybridized carbons (Fsp3) is 0.667. The van der Waals surface area contributed by atoms with Crippen LogP contribution in [0.1, 0.15) is 44.2 Å². The summed E-state index contributed by atoms with van der Waals surface area (Å²) in [6.07, 6.45) is 2.13. The third kappa shape index (κ3) is 9.19. The lowest BCUT2D eigenvalue weighted by atomic mass is 10.1. The molecule has 1 aliphatic heterocycles. The molecule has 0 amide bonds. The lowest BCUT2D eigenvalue weighted by molar-refractivity contribution is 0.306. The average Bonchev–Trinajstić information content (AvgIpc) is 2.68. The van der Waals surface area contributed by atoms with E-state index in [9.17, 15) is 12.8 Å². The fourth-order valence-corrected chi connectivity index (χ4v) is 5.08. The van der Waals surface area contributed by atoms with Gasteiger partial charge in [-0.3, -0.25) is 0 Å². The predicted octanol–water partition coefficient (Wildman–Crippen LogP) is 2.76. The maximum atomic E-state index is 14.0. The molecule has 0 saturated carbocycles. The van der Waals surface area contributed by atoms with Crippen molar-refractivity contribution in [3.8, 4) is 0 Å². The first kappa shape index (κ1) is 28.1. The summed E-state index contributed by atoms with van der Waals surface area (Å²) in [5, 5.41) is 6.67. The Hall–Kier alpha value is -0.980. The van der Waals surface area contributed by atoms with Crippen LogP contribution in [0.4, 0.5) is 4.39 Å². The summed E-state index contributed by atoms with van der Waals surface area (Å²) in [6, 6.07) is 5.29. The molecule has 10 heteroatoms. The average molecular weight is 570 g/mol. The fourth-order valence-electron chi connectivity index (χ4n) is 3.54. The highest BCUT2D eigenvalue weighted by molar-refractivity contribution is 14.0. The zero-order chi connectivity index (χ0) is 22.1. The lowest BCUT2D eigenvalue weighted by Gasteiger charge is -2.32. The van der Waals surface area contributed by atoms with E-state index in [-0.39, 0.29) is 41.6 Å². The molecule has 1 heterocycles. The molecule has 2 N–H and O–H groups in total. The van der Waals surface area contributed by atoms with Crippen LogP contribution in [-0.2, 0) is 23.1 Å². The van der Waals surface area contributed by atoms with E-state index in [0.717, 1.165) is 24.9 Å². The molecule has 7 nitrogen and oxygen atoms in total. The maximum absolute atomic E-state index is 14.0. The zero-order valence-corrected chi connectivity index (χ0v) is 22.2. The number of hydrogen-bond acceptors (Lipinski definition) is 4. The van der Waals surface area contributed by atoms with Gasteiger partial charge in [-0.1, -0.05) is 13.0 Å². The number of sulfonamides is 1. The van der Waals surface area contributed by atoms with Crippen LogP contribution in [0.15, 0.2) is 23.2 Å². The molecule has 0 bridgehead atoms. The van der Waals surface area contributed by atoms with Crippen LogP contribution in [0.25, 0.3) is 0 Å². The topological polar surface area (TPSA) is 77.0 Å². The van der Waals surface area contributed by atoms with Crippen molar-refractivity contribution >= 4 is 40.0 Å². The third-order valence-electron chi connectivity index (χ3n) is 5.01. The summed E-state index contributed by atoms with van der Waals surface area (Å²) in [5.41, 5.74) is 1.61. The van der Waals surface area contributed by atoms with E-state index in [1.807, 2.05) is 38.9 Å². The standard InChI is InChI=1S/C21H36FN5O2S.HI/c1-5-13-30(28,29)27-11-9-19(10-12-27)25-21(23-6-2)24-15-17-7-8-20(22)18(14-17)16-26(3)4;/h7-8,14,19H,5-6,9-13,15-16H2,1-4H3,(H2,23,24,25);1H. The number of nitrogens with zero attached hydrogens (tertiary/aromatic N) is 3. The Labute approximate surface area is 203 Å². The molecule has 0 unspecified atom stereocenters. The van der Waals surface area contributed by atoms with Crippen molar-refractivity contribution < 1.29 is 12.8 Å². The van der Waals surface area contributed by atoms with Gasteiger partial charge >= 0.3 is 0 Å². The number of aliphatic imine (C=N–C) groups is 1. The van der Waals surface area contributed by atoms with Crippen LogP contribution >= 0.6 is 24.0 Å². The molecular formula is C21H37FIN5O2S. The second kappa shape index (κ2) is 13.5. The van der Waals surface area contributed by atoms with Gasteiger partial charge in [0.25, 0.3) is 0 Å². The number of guanidine groups is 1. The minimum absolute atomic E-state index is 0. The third-order valence-corrected chi connectivity index (χ3v) is 7.09. The molecule has 1 fully saturated rings. The first-order chi connectivity index (χ1) is 14.2. The highest BCUT2D eigenvalue weighted by atomic mass is 127. The smallest absolute Gasteiger partial charge is 0.214 e. The molecule has 0 radical (unpaired) electrons. The molecule has 0 spiro atoms. The van der Waals surface area contributed by atoms with E-state index in [2.05, 4.69) is 15.6 Å². The number of piperidine rings is 1. The van der Waals surface area contributed by atoms with Crippen molar-refractivity contribution in [3.63, 3.8) is 0 Å². The lowest BCUT2D eigenvalue weighted by Crippen LogP contribution is -2.50. The monoisotopic (exact) mass is 569 g/mol. The summed E-state index contributed by atoms with van der Waals surface area (Å²) in [7, 11) is 0.693. The number of rotatable bonds is 9. The predicted molar refractivity (Wildman–Crippen MR) is 136 cm³/mol. The number of hydrogen-bond donors (Lipinski definition) is 2. The van der Waals surface area contributed by atoms with Crippen molar-refractivity contribution in [2.75, 3.05) is 39.5 Å². The number of halogens is 2. The highest BCUT2D eigenvalue weighted by Gasteiger charge is 2.27. The van der Waals surface area contributed by atoms with Crippen molar-refractivity contribution in [2.24, 2.45) is 4.99 Å². The quantitative estimate of drug-likeness (QED) is 0.272. The molecule has 1 saturated heterocycles. The van der Waals surface area contributed by atoms with Crippen molar-refractivity contribution in [3.05, 3.63) is 35.1 Å². The molecule has 31 heavy (non-hydrogen) atoms. The molecular weight excluding hydrogens is 532 g/mol. The Kier molecular flexibility index (Phi) is 12.3. The van der Waals surface area contributed by atoms with Crippen molar-refractivity contribution in [1.82, 2.24) is 19.8 Å². The number of nitrogens with one attached hydrogen (secondary N) is 2. The molecule has 1 aromatic rings. The van der Waals surface area contributed by atoms with Gasteiger partial charge in [0.1, 0.15) is 5.82 Å². The maximum Gasteiger partial charge on any atom is 0.214 e. The molecule has 0 atom stereocenters. The van der Waals surface area contributed by atoms with Gasteiger partial charge in [0.15, 0.2) is 5.96 Å². The van der Waals surface area contributed by atoms with Crippen LogP contribution in [0, 0.1) is 5.82 Å². The molecule has 0 aromatic heterocycles. The Balaban J connectivity index is 0.00000480. The summed E-state index contributed by atoms with van der Waals surface area (Å²) < 4.78 is 40.1. The number of benzene rings is 1. The molecule has 1 aliphatic rings. The van der Waals surface area contributed by atoms with E-state index in [1.54, 1.807) is 10.4 Å². The minimum Gasteiger partial charge on any atom is -0.357 e. The van der Waals surface area contributed by atoms with Gasteiger partial charge in [-0.25, -0.2) is 22.1 Å². The molecule has 1 aromatic carbocycles. The first-order valence-corrected chi connectivity index (χ1v) is 12.3. The van der Waals surface area contributed by atoms with Gasteiger partial charge in [0.2, 0.25) is 10.0 Å². The van der Waals surface area contributed by atoms with Crippen LogP contribution < -0.4 is 10.6 Å². The first-order valence-electron chi connectivity index (χ1n) is 10.7. The summed E-state index contributed by atoms with van der Waals surface area (Å²) in [6.45, 7) is 6.67. The zero-order valence-electron chi connectivity index (χ0n) is 19.0. The highest BCUT2D eigenvalue weighted by Crippen LogP contribution is 2.16. The Morgan fingerprint density at radius 1 is 1.26 bits per heavy atom. The van der Waals surface area contributed by atoms with Gasteiger partial charge < -0.3 is 15.5 Å². The second-order valence-electron chi connectivity index (χ2n) is 7.99. The Morgan fingerprint density at radius 2 is 1.94 bits per heavy atom. The summed E-state index contributed by atoms with van der Waals surface area (Å²) in [4.78, 5) is 6.59. The van der Waals surface area contributed by atoms with Gasteiger partial charge in [-0.05, 0) is 58.0 Å². The van der Waals surface area contributed by atoms with Crippen molar-refractivity contribution in [2.45, 2.75) is 52.2 Å². The van der Waals surface area contributed by atoms with E-state index < -0.39 is 10.0 Å². The Morgan fingerprint density at radius 3 is 2.52 bits per heavy atom. The van der Waals surface area contributed by atoms with Crippen LogP contribution in [0.2, 0.25) is 0 Å². The van der Waals surface area contributed by atoms with E-state index in [4.69, 9.17) is 0 Å². The molecule has 2 rings (SSSR count). The van der Waals surface area contributed by atoms with E-state index in [1.165, 1.54) is 6.07 Å². The van der Waals surface area contributed by atoms with Gasteiger partial charge in [-0.2, -0.15) is 0 Å². The van der Waals surface area contributed by atoms with Crippen LogP contribution in [-0.4, -0.2) is 69.1 Å². The van der Waals surface area contributed by atoms with Crippen LogP contribution in [0.5, 0.6) is 0 Å². The normalized spacial score (nSPS) is 16.3. The van der Waals surface area contributed by atoms with Gasteiger partial charge in [0, 0.05) is 37.8 Å². The van der Waals surface area contributed by atoms with Gasteiger partial charge in [-0.15, -0.1) is 24.0 Å².